The highest BCUT2D eigenvalue weighted by Gasteiger charge is 2.23. The lowest BCUT2D eigenvalue weighted by molar-refractivity contribution is 0.0943. The first-order valence-corrected chi connectivity index (χ1v) is 11.3. The minimum atomic E-state index is -0.330. The molecule has 0 radical (unpaired) electrons. The van der Waals surface area contributed by atoms with Crippen LogP contribution in [0.25, 0.3) is 10.3 Å². The molecule has 0 bridgehead atoms. The molecule has 1 aromatic carbocycles. The Morgan fingerprint density at radius 3 is 2.72 bits per heavy atom. The number of fused-ring (bicyclic) bond motifs is 1. The molecule has 3 aromatic heterocycles. The van der Waals surface area contributed by atoms with E-state index >= 15 is 0 Å². The van der Waals surface area contributed by atoms with E-state index in [0.717, 1.165) is 21.0 Å². The average molecular weight is 468 g/mol. The number of thiazole rings is 2. The summed E-state index contributed by atoms with van der Waals surface area (Å²) in [6.45, 7) is 0.123. The van der Waals surface area contributed by atoms with Gasteiger partial charge in [0.1, 0.15) is 15.7 Å². The summed E-state index contributed by atoms with van der Waals surface area (Å²) in [7, 11) is 1.75. The summed E-state index contributed by atoms with van der Waals surface area (Å²) in [5.41, 5.74) is 10.0. The lowest BCUT2D eigenvalue weighted by Gasteiger charge is -2.11. The topological polar surface area (TPSA) is 154 Å². The van der Waals surface area contributed by atoms with E-state index in [0.29, 0.717) is 39.6 Å². The van der Waals surface area contributed by atoms with Gasteiger partial charge in [-0.25, -0.2) is 9.97 Å². The molecule has 1 amide bonds. The second kappa shape index (κ2) is 8.99. The SMILES string of the molecule is Cn1c(C(=O)NCc2cccc(N)c2C=N)c(C=N)c2sc(Cc3csc(CO)n3)nc21. The van der Waals surface area contributed by atoms with E-state index in [2.05, 4.69) is 15.3 Å². The summed E-state index contributed by atoms with van der Waals surface area (Å²) < 4.78 is 2.46. The van der Waals surface area contributed by atoms with Crippen molar-refractivity contribution in [3.05, 3.63) is 61.7 Å². The van der Waals surface area contributed by atoms with Crippen LogP contribution >= 0.6 is 22.7 Å². The molecule has 9 nitrogen and oxygen atoms in total. The minimum Gasteiger partial charge on any atom is -0.398 e. The third-order valence-corrected chi connectivity index (χ3v) is 7.01. The van der Waals surface area contributed by atoms with Gasteiger partial charge >= 0.3 is 0 Å². The number of aryl methyl sites for hydroxylation is 1. The molecule has 0 saturated carbocycles. The fraction of sp³-hybridized carbons (Fsp3) is 0.190. The summed E-state index contributed by atoms with van der Waals surface area (Å²) in [5.74, 6) is -0.330. The van der Waals surface area contributed by atoms with Gasteiger partial charge in [0.05, 0.1) is 17.0 Å². The third-order valence-electron chi connectivity index (χ3n) is 5.05. The van der Waals surface area contributed by atoms with Crippen molar-refractivity contribution in [3.63, 3.8) is 0 Å². The molecule has 164 valence electrons. The number of carbonyl (C=O) groups excluding carboxylic acids is 1. The quantitative estimate of drug-likeness (QED) is 0.199. The van der Waals surface area contributed by atoms with Crippen LogP contribution in [-0.4, -0.2) is 38.0 Å². The maximum absolute atomic E-state index is 13.0. The molecule has 0 fully saturated rings. The van der Waals surface area contributed by atoms with Crippen LogP contribution in [0.15, 0.2) is 23.6 Å². The highest BCUT2D eigenvalue weighted by molar-refractivity contribution is 7.19. The lowest BCUT2D eigenvalue weighted by atomic mass is 10.1. The van der Waals surface area contributed by atoms with Gasteiger partial charge in [-0.05, 0) is 11.6 Å². The van der Waals surface area contributed by atoms with Crippen molar-refractivity contribution in [3.8, 4) is 0 Å². The Kier molecular flexibility index (Phi) is 6.12. The number of carbonyl (C=O) groups is 1. The predicted molar refractivity (Wildman–Crippen MR) is 127 cm³/mol. The van der Waals surface area contributed by atoms with E-state index in [1.54, 1.807) is 23.7 Å². The van der Waals surface area contributed by atoms with Crippen molar-refractivity contribution < 1.29 is 9.90 Å². The molecule has 0 aliphatic heterocycles. The number of hydrogen-bond acceptors (Lipinski definition) is 9. The van der Waals surface area contributed by atoms with Crippen molar-refractivity contribution in [2.75, 3.05) is 5.73 Å². The largest absolute Gasteiger partial charge is 0.398 e. The van der Waals surface area contributed by atoms with Gasteiger partial charge in [0.15, 0.2) is 5.65 Å². The third kappa shape index (κ3) is 3.93. The molecule has 0 spiro atoms. The fourth-order valence-corrected chi connectivity index (χ4v) is 5.30. The minimum absolute atomic E-state index is 0.0855. The van der Waals surface area contributed by atoms with Crippen LogP contribution in [0.1, 0.15) is 42.9 Å². The van der Waals surface area contributed by atoms with Crippen LogP contribution < -0.4 is 11.1 Å². The van der Waals surface area contributed by atoms with E-state index in [1.807, 2.05) is 11.4 Å². The van der Waals surface area contributed by atoms with Crippen LogP contribution in [0.3, 0.4) is 0 Å². The predicted octanol–water partition coefficient (Wildman–Crippen LogP) is 2.68. The lowest BCUT2D eigenvalue weighted by Crippen LogP contribution is -2.26. The molecule has 4 rings (SSSR count). The average Bonchev–Trinajstić information content (AvgIpc) is 3.47. The number of rotatable bonds is 8. The molecular weight excluding hydrogens is 446 g/mol. The number of amides is 1. The molecule has 0 unspecified atom stereocenters. The van der Waals surface area contributed by atoms with E-state index < -0.39 is 0 Å². The van der Waals surface area contributed by atoms with Gasteiger partial charge < -0.3 is 31.5 Å². The van der Waals surface area contributed by atoms with Crippen molar-refractivity contribution >= 4 is 57.0 Å². The molecule has 0 atom stereocenters. The van der Waals surface area contributed by atoms with Crippen LogP contribution in [0.5, 0.6) is 0 Å². The van der Waals surface area contributed by atoms with Gasteiger partial charge in [-0.15, -0.1) is 22.7 Å². The van der Waals surface area contributed by atoms with Gasteiger partial charge in [0.2, 0.25) is 0 Å². The van der Waals surface area contributed by atoms with Crippen molar-refractivity contribution in [1.29, 1.82) is 10.8 Å². The Hall–Kier alpha value is -3.41. The molecule has 0 saturated heterocycles. The number of anilines is 1. The smallest absolute Gasteiger partial charge is 0.268 e. The number of nitrogens with one attached hydrogen (secondary N) is 3. The molecular formula is C21H21N7O2S2. The Morgan fingerprint density at radius 2 is 2.03 bits per heavy atom. The monoisotopic (exact) mass is 467 g/mol. The Labute approximate surface area is 191 Å². The zero-order valence-electron chi connectivity index (χ0n) is 17.2. The van der Waals surface area contributed by atoms with Crippen molar-refractivity contribution in [1.82, 2.24) is 19.9 Å². The molecule has 32 heavy (non-hydrogen) atoms. The van der Waals surface area contributed by atoms with Gasteiger partial charge in [0.25, 0.3) is 5.91 Å². The highest BCUT2D eigenvalue weighted by Crippen LogP contribution is 2.31. The number of benzene rings is 1. The number of aliphatic hydroxyl groups is 1. The normalized spacial score (nSPS) is 11.1. The Morgan fingerprint density at radius 1 is 1.25 bits per heavy atom. The first kappa shape index (κ1) is 21.8. The molecule has 3 heterocycles. The zero-order valence-corrected chi connectivity index (χ0v) is 18.8. The summed E-state index contributed by atoms with van der Waals surface area (Å²) in [5, 5.41) is 30.9. The first-order chi connectivity index (χ1) is 15.5. The van der Waals surface area contributed by atoms with Crippen LogP contribution in [-0.2, 0) is 26.6 Å². The van der Waals surface area contributed by atoms with E-state index in [1.165, 1.54) is 35.1 Å². The van der Waals surface area contributed by atoms with Crippen molar-refractivity contribution in [2.24, 2.45) is 7.05 Å². The second-order valence-electron chi connectivity index (χ2n) is 7.04. The zero-order chi connectivity index (χ0) is 22.8. The number of nitrogens with zero attached hydrogens (tertiary/aromatic N) is 3. The van der Waals surface area contributed by atoms with Gasteiger partial charge in [0, 0.05) is 54.6 Å². The molecule has 11 heteroatoms. The second-order valence-corrected chi connectivity index (χ2v) is 9.07. The van der Waals surface area contributed by atoms with E-state index in [4.69, 9.17) is 16.6 Å². The maximum Gasteiger partial charge on any atom is 0.268 e. The first-order valence-electron chi connectivity index (χ1n) is 9.65. The summed E-state index contributed by atoms with van der Waals surface area (Å²) in [6, 6.07) is 5.30. The Bertz CT molecular complexity index is 1340. The van der Waals surface area contributed by atoms with E-state index in [9.17, 15) is 9.90 Å². The van der Waals surface area contributed by atoms with Crippen LogP contribution in [0.4, 0.5) is 5.69 Å². The number of aromatic nitrogens is 3. The van der Waals surface area contributed by atoms with E-state index in [-0.39, 0.29) is 19.1 Å². The van der Waals surface area contributed by atoms with Gasteiger partial charge in [-0.1, -0.05) is 12.1 Å². The molecule has 6 N–H and O–H groups in total. The van der Waals surface area contributed by atoms with Gasteiger partial charge in [-0.3, -0.25) is 4.79 Å². The molecule has 0 aliphatic rings. The number of nitrogens with two attached hydrogens (primary N) is 1. The highest BCUT2D eigenvalue weighted by atomic mass is 32.1. The van der Waals surface area contributed by atoms with Crippen LogP contribution in [0.2, 0.25) is 0 Å². The van der Waals surface area contributed by atoms with Crippen LogP contribution in [0, 0.1) is 10.8 Å². The maximum atomic E-state index is 13.0. The summed E-state index contributed by atoms with van der Waals surface area (Å²) in [4.78, 5) is 22.0. The number of hydrogen-bond donors (Lipinski definition) is 5. The standard InChI is InChI=1S/C21H21N7O2S2/c1-28-18(21(30)25-8-11-3-2-4-15(24)13(11)6-22)14(7-23)19-20(28)27-16(32-19)5-12-10-31-17(9-29)26-12/h2-4,6-7,10,22-23,29H,5,8-9,24H2,1H3,(H,25,30). The summed E-state index contributed by atoms with van der Waals surface area (Å²) in [6.07, 6.45) is 2.88. The Balaban J connectivity index is 1.60. The fourth-order valence-electron chi connectivity index (χ4n) is 3.52. The van der Waals surface area contributed by atoms with Gasteiger partial charge in [-0.2, -0.15) is 0 Å². The molecule has 4 aromatic rings. The summed E-state index contributed by atoms with van der Waals surface area (Å²) >= 11 is 2.83. The number of nitrogen functional groups attached to an aromatic ring is 1. The van der Waals surface area contributed by atoms with Crippen molar-refractivity contribution in [2.45, 2.75) is 19.6 Å². The number of aliphatic hydroxyl groups excluding tert-OH is 1. The molecule has 0 aliphatic carbocycles.